The van der Waals surface area contributed by atoms with E-state index in [0.717, 1.165) is 5.56 Å². The molecule has 0 bridgehead atoms. The monoisotopic (exact) mass is 257 g/mol. The lowest BCUT2D eigenvalue weighted by Crippen LogP contribution is -2.44. The fourth-order valence-electron chi connectivity index (χ4n) is 1.23. The maximum absolute atomic E-state index is 10.8. The molecule has 0 saturated heterocycles. The van der Waals surface area contributed by atoms with Gasteiger partial charge < -0.3 is 10.2 Å². The molecular formula is C10H15N3O3S. The molecule has 0 fully saturated rings. The highest BCUT2D eigenvalue weighted by Crippen LogP contribution is 2.07. The molecule has 0 aliphatic heterocycles. The quantitative estimate of drug-likeness (QED) is 0.492. The van der Waals surface area contributed by atoms with Gasteiger partial charge in [0.05, 0.1) is 6.10 Å². The van der Waals surface area contributed by atoms with E-state index >= 15 is 0 Å². The van der Waals surface area contributed by atoms with E-state index in [1.165, 1.54) is 18.7 Å². The molecule has 1 heterocycles. The van der Waals surface area contributed by atoms with Crippen LogP contribution < -0.4 is 5.32 Å². The number of thioether (sulfide) groups is 1. The zero-order valence-electron chi connectivity index (χ0n) is 9.62. The molecule has 2 atom stereocenters. The summed E-state index contributed by atoms with van der Waals surface area (Å²) >= 11 is 1.43. The lowest BCUT2D eigenvalue weighted by Gasteiger charge is -2.16. The maximum atomic E-state index is 10.8. The highest BCUT2D eigenvalue weighted by atomic mass is 32.2. The van der Waals surface area contributed by atoms with Gasteiger partial charge in [0.15, 0.2) is 5.16 Å². The van der Waals surface area contributed by atoms with Crippen LogP contribution in [-0.4, -0.2) is 44.6 Å². The van der Waals surface area contributed by atoms with Crippen molar-refractivity contribution in [1.29, 1.82) is 0 Å². The van der Waals surface area contributed by atoms with E-state index in [4.69, 9.17) is 5.11 Å². The summed E-state index contributed by atoms with van der Waals surface area (Å²) in [5.74, 6) is -1.08. The first-order chi connectivity index (χ1) is 8.04. The Balaban J connectivity index is 2.56. The summed E-state index contributed by atoms with van der Waals surface area (Å²) in [6.45, 7) is 1.73. The first kappa shape index (κ1) is 13.9. The molecule has 0 radical (unpaired) electrons. The van der Waals surface area contributed by atoms with E-state index < -0.39 is 18.1 Å². The summed E-state index contributed by atoms with van der Waals surface area (Å²) in [5.41, 5.74) is 0.773. The van der Waals surface area contributed by atoms with E-state index in [0.29, 0.717) is 11.7 Å². The lowest BCUT2D eigenvalue weighted by atomic mass is 10.2. The topological polar surface area (TPSA) is 95.3 Å². The Kier molecular flexibility index (Phi) is 5.33. The summed E-state index contributed by atoms with van der Waals surface area (Å²) in [6, 6.07) is -0.991. The average molecular weight is 257 g/mol. The molecule has 0 spiro atoms. The van der Waals surface area contributed by atoms with Crippen molar-refractivity contribution in [3.8, 4) is 0 Å². The molecule has 0 aromatic carbocycles. The Morgan fingerprint density at radius 1 is 1.53 bits per heavy atom. The number of aromatic nitrogens is 2. The van der Waals surface area contributed by atoms with Crippen LogP contribution in [0.4, 0.5) is 0 Å². The van der Waals surface area contributed by atoms with Gasteiger partial charge in [-0.25, -0.2) is 9.97 Å². The van der Waals surface area contributed by atoms with Gasteiger partial charge in [-0.1, -0.05) is 11.8 Å². The number of aliphatic hydroxyl groups is 1. The second-order valence-corrected chi connectivity index (χ2v) is 4.29. The van der Waals surface area contributed by atoms with Gasteiger partial charge in [0.2, 0.25) is 0 Å². The van der Waals surface area contributed by atoms with Gasteiger partial charge in [0.25, 0.3) is 0 Å². The summed E-state index contributed by atoms with van der Waals surface area (Å²) in [4.78, 5) is 18.9. The third kappa shape index (κ3) is 4.29. The fourth-order valence-corrected chi connectivity index (χ4v) is 1.55. The number of aliphatic hydroxyl groups excluding tert-OH is 1. The third-order valence-corrected chi connectivity index (χ3v) is 2.71. The van der Waals surface area contributed by atoms with E-state index in [1.807, 2.05) is 6.26 Å². The minimum Gasteiger partial charge on any atom is -0.480 e. The molecule has 3 N–H and O–H groups in total. The van der Waals surface area contributed by atoms with Crippen molar-refractivity contribution in [2.24, 2.45) is 0 Å². The number of carboxylic acids is 1. The Morgan fingerprint density at radius 3 is 2.53 bits per heavy atom. The predicted octanol–water partition coefficient (Wildman–Crippen LogP) is 0.122. The van der Waals surface area contributed by atoms with Gasteiger partial charge in [-0.2, -0.15) is 0 Å². The zero-order chi connectivity index (χ0) is 12.8. The van der Waals surface area contributed by atoms with Crippen LogP contribution in [0.2, 0.25) is 0 Å². The standard InChI is InChI=1S/C10H15N3O3S/c1-6(14)8(9(15)16)11-3-7-4-12-10(17-2)13-5-7/h4-6,8,11,14H,3H2,1-2H3,(H,15,16). The van der Waals surface area contributed by atoms with Gasteiger partial charge in [-0.05, 0) is 13.2 Å². The molecule has 7 heteroatoms. The lowest BCUT2D eigenvalue weighted by molar-refractivity contribution is -0.142. The smallest absolute Gasteiger partial charge is 0.323 e. The maximum Gasteiger partial charge on any atom is 0.323 e. The van der Waals surface area contributed by atoms with Crippen LogP contribution in [0.5, 0.6) is 0 Å². The van der Waals surface area contributed by atoms with Crippen LogP contribution in [0.3, 0.4) is 0 Å². The van der Waals surface area contributed by atoms with E-state index in [1.54, 1.807) is 12.4 Å². The highest BCUT2D eigenvalue weighted by Gasteiger charge is 2.21. The Bertz CT molecular complexity index is 370. The van der Waals surface area contributed by atoms with Crippen LogP contribution >= 0.6 is 11.8 Å². The van der Waals surface area contributed by atoms with E-state index in [2.05, 4.69) is 15.3 Å². The van der Waals surface area contributed by atoms with Gasteiger partial charge >= 0.3 is 5.97 Å². The predicted molar refractivity (Wildman–Crippen MR) is 63.8 cm³/mol. The van der Waals surface area contributed by atoms with Crippen molar-refractivity contribution >= 4 is 17.7 Å². The highest BCUT2D eigenvalue weighted by molar-refractivity contribution is 7.98. The van der Waals surface area contributed by atoms with Crippen molar-refractivity contribution in [2.45, 2.75) is 30.8 Å². The molecular weight excluding hydrogens is 242 g/mol. The molecule has 6 nitrogen and oxygen atoms in total. The number of carbonyl (C=O) groups is 1. The summed E-state index contributed by atoms with van der Waals surface area (Å²) < 4.78 is 0. The van der Waals surface area contributed by atoms with Crippen molar-refractivity contribution < 1.29 is 15.0 Å². The molecule has 1 aromatic heterocycles. The molecule has 0 saturated carbocycles. The number of hydrogen-bond acceptors (Lipinski definition) is 6. The van der Waals surface area contributed by atoms with Crippen LogP contribution in [0, 0.1) is 0 Å². The molecule has 0 aliphatic rings. The van der Waals surface area contributed by atoms with Crippen molar-refractivity contribution in [3.63, 3.8) is 0 Å². The van der Waals surface area contributed by atoms with Crippen LogP contribution in [-0.2, 0) is 11.3 Å². The van der Waals surface area contributed by atoms with Crippen LogP contribution in [0.25, 0.3) is 0 Å². The average Bonchev–Trinajstić information content (AvgIpc) is 2.29. The summed E-state index contributed by atoms with van der Waals surface area (Å²) in [7, 11) is 0. The van der Waals surface area contributed by atoms with Crippen molar-refractivity contribution in [2.75, 3.05) is 6.26 Å². The molecule has 94 valence electrons. The number of rotatable bonds is 6. The number of carboxylic acid groups (broad SMARTS) is 1. The molecule has 0 aliphatic carbocycles. The Hall–Kier alpha value is -1.18. The molecule has 1 aromatic rings. The molecule has 17 heavy (non-hydrogen) atoms. The Labute approximate surface area is 103 Å². The number of hydrogen-bond donors (Lipinski definition) is 3. The Morgan fingerprint density at radius 2 is 2.12 bits per heavy atom. The molecule has 2 unspecified atom stereocenters. The summed E-state index contributed by atoms with van der Waals surface area (Å²) in [6.07, 6.45) is 4.18. The first-order valence-corrected chi connectivity index (χ1v) is 6.26. The van der Waals surface area contributed by atoms with Gasteiger partial charge in [-0.3, -0.25) is 10.1 Å². The first-order valence-electron chi connectivity index (χ1n) is 5.03. The van der Waals surface area contributed by atoms with Crippen LogP contribution in [0.1, 0.15) is 12.5 Å². The molecule has 0 amide bonds. The minimum atomic E-state index is -1.08. The third-order valence-electron chi connectivity index (χ3n) is 2.14. The normalized spacial score (nSPS) is 14.3. The number of aliphatic carboxylic acids is 1. The minimum absolute atomic E-state index is 0.302. The van der Waals surface area contributed by atoms with E-state index in [9.17, 15) is 9.90 Å². The number of nitrogens with zero attached hydrogens (tertiary/aromatic N) is 2. The number of nitrogens with one attached hydrogen (secondary N) is 1. The molecule has 1 rings (SSSR count). The van der Waals surface area contributed by atoms with Gasteiger partial charge in [0, 0.05) is 24.5 Å². The largest absolute Gasteiger partial charge is 0.480 e. The second-order valence-electron chi connectivity index (χ2n) is 3.52. The fraction of sp³-hybridized carbons (Fsp3) is 0.500. The van der Waals surface area contributed by atoms with E-state index in [-0.39, 0.29) is 0 Å². The van der Waals surface area contributed by atoms with Gasteiger partial charge in [0.1, 0.15) is 6.04 Å². The van der Waals surface area contributed by atoms with Gasteiger partial charge in [-0.15, -0.1) is 0 Å². The SMILES string of the molecule is CSc1ncc(CNC(C(=O)O)C(C)O)cn1. The summed E-state index contributed by atoms with van der Waals surface area (Å²) in [5, 5.41) is 21.5. The van der Waals surface area contributed by atoms with Crippen molar-refractivity contribution in [1.82, 2.24) is 15.3 Å². The second kappa shape index (κ2) is 6.53. The van der Waals surface area contributed by atoms with Crippen molar-refractivity contribution in [3.05, 3.63) is 18.0 Å². The zero-order valence-corrected chi connectivity index (χ0v) is 10.4. The van der Waals surface area contributed by atoms with Crippen LogP contribution in [0.15, 0.2) is 17.6 Å².